The Bertz CT molecular complexity index is 3490. The predicted octanol–water partition coefficient (Wildman–Crippen LogP) is 10.2. The summed E-state index contributed by atoms with van der Waals surface area (Å²) in [6, 6.07) is -20.3. The number of furan rings is 1. The fourth-order valence-corrected chi connectivity index (χ4v) is 4.28. The van der Waals surface area contributed by atoms with Crippen LogP contribution in [0.25, 0.3) is 77.6 Å². The molecule has 3 aromatic heterocycles. The first-order valence-corrected chi connectivity index (χ1v) is 11.8. The summed E-state index contributed by atoms with van der Waals surface area (Å²) in [6.07, 6.45) is -0.756. The first-order chi connectivity index (χ1) is 30.3. The van der Waals surface area contributed by atoms with Crippen LogP contribution in [-0.2, 0) is 0 Å². The highest BCUT2D eigenvalue weighted by Gasteiger charge is 2.19. The molecule has 0 radical (unpaired) electrons. The minimum Gasteiger partial charge on any atom is -0.455 e. The molecule has 5 aromatic carbocycles. The minimum atomic E-state index is -1.03. The lowest BCUT2D eigenvalue weighted by Crippen LogP contribution is -1.91. The van der Waals surface area contributed by atoms with Crippen LogP contribution in [0.2, 0.25) is 0 Å². The normalized spacial score (nSPS) is 19.6. The van der Waals surface area contributed by atoms with Gasteiger partial charge in [-0.2, -0.15) is 0 Å². The Morgan fingerprint density at radius 1 is 0.512 bits per heavy atom. The first kappa shape index (κ1) is 9.53. The third-order valence-electron chi connectivity index (χ3n) is 6.06. The SMILES string of the molecule is [2H]c1nc2c(c([2H])c1[2H])c([2H])c([2H])c1c([2H])c([2H])c(-c3c([2H])c([2H])c(-c4c(-c5c([2H])c([2H])c([2H])c([2H])c5[2H])oc(-c5c([2H])c([2H])c([2H])c([2H])c5[2H])c4[2H])c4c([2H])c([2H])c([2H])c([2H])c34)nc12. The van der Waals surface area contributed by atoms with E-state index in [2.05, 4.69) is 9.97 Å². The molecule has 192 valence electrons. The minimum absolute atomic E-state index is 0.425. The molecule has 0 fully saturated rings. The van der Waals surface area contributed by atoms with E-state index in [0.29, 0.717) is 0 Å². The van der Waals surface area contributed by atoms with E-state index in [1.807, 2.05) is 0 Å². The van der Waals surface area contributed by atoms with Gasteiger partial charge in [0, 0.05) is 39.2 Å². The van der Waals surface area contributed by atoms with E-state index in [9.17, 15) is 5.48 Å². The van der Waals surface area contributed by atoms with E-state index in [1.54, 1.807) is 0 Å². The van der Waals surface area contributed by atoms with Crippen LogP contribution in [0.15, 0.2) is 150 Å². The molecule has 3 heterocycles. The van der Waals surface area contributed by atoms with Crippen molar-refractivity contribution >= 4 is 32.6 Å². The average molecular weight is 549 g/mol. The molecule has 0 bridgehead atoms. The molecule has 8 aromatic rings. The van der Waals surface area contributed by atoms with Crippen LogP contribution in [-0.4, -0.2) is 9.97 Å². The van der Waals surface area contributed by atoms with E-state index in [4.69, 9.17) is 31.8 Å². The Kier molecular flexibility index (Phi) is 2.23. The van der Waals surface area contributed by atoms with E-state index in [-0.39, 0.29) is 0 Å². The quantitative estimate of drug-likeness (QED) is 0.205. The van der Waals surface area contributed by atoms with E-state index < -0.39 is 223 Å². The van der Waals surface area contributed by atoms with Gasteiger partial charge >= 0.3 is 0 Å². The highest BCUT2D eigenvalue weighted by molar-refractivity contribution is 6.08. The molecule has 0 atom stereocenters. The Morgan fingerprint density at radius 2 is 1.15 bits per heavy atom. The zero-order valence-electron chi connectivity index (χ0n) is 44.3. The molecule has 0 saturated carbocycles. The van der Waals surface area contributed by atoms with Crippen molar-refractivity contribution in [2.75, 3.05) is 0 Å². The lowest BCUT2D eigenvalue weighted by molar-refractivity contribution is 0.598. The summed E-state index contributed by atoms with van der Waals surface area (Å²) in [5, 5.41) is -2.28. The number of nitrogens with zero attached hydrogens (tertiary/aromatic N) is 2. The second kappa shape index (κ2) is 9.58. The van der Waals surface area contributed by atoms with Gasteiger partial charge in [-0.3, -0.25) is 4.98 Å². The maximum Gasteiger partial charge on any atom is 0.142 e. The molecule has 41 heavy (non-hydrogen) atoms. The van der Waals surface area contributed by atoms with Crippen LogP contribution in [0, 0.1) is 0 Å². The molecule has 0 unspecified atom stereocenters. The summed E-state index contributed by atoms with van der Waals surface area (Å²) < 4.78 is 215. The average Bonchev–Trinajstić information content (AvgIpc) is 3.59. The van der Waals surface area contributed by atoms with E-state index >= 15 is 0 Å². The zero-order valence-corrected chi connectivity index (χ0v) is 20.3. The molecule has 0 aliphatic heterocycles. The molecule has 8 rings (SSSR count). The van der Waals surface area contributed by atoms with Crippen LogP contribution in [0.4, 0.5) is 0 Å². The number of aromatic nitrogens is 2. The standard InChI is InChI=1S/C38H24N2O/c1-3-10-25(11-4-1)35-24-33(38(41-35)28-12-5-2-6-13-28)31-20-21-32(30-16-8-7-15-29(30)31)34-22-19-27-18-17-26-14-9-23-39-36(26)37(27)40-34/h1-24H/i1D,2D,3D,4D,5D,6D,7D,8D,9D,10D,11D,12D,13D,14D,15D,16D,17D,18D,19D,20D,21D,22D,23D,24D. The monoisotopic (exact) mass is 548 g/mol. The van der Waals surface area contributed by atoms with Crippen LogP contribution >= 0.6 is 0 Å². The van der Waals surface area contributed by atoms with Crippen LogP contribution in [0.3, 0.4) is 0 Å². The van der Waals surface area contributed by atoms with Gasteiger partial charge in [-0.05, 0) is 34.5 Å². The molecular formula is C38H24N2O. The Morgan fingerprint density at radius 3 is 1.93 bits per heavy atom. The number of pyridine rings is 2. The molecule has 3 heteroatoms. The fraction of sp³-hybridized carbons (Fsp3) is 0. The van der Waals surface area contributed by atoms with Gasteiger partial charge in [0.15, 0.2) is 0 Å². The van der Waals surface area contributed by atoms with Crippen LogP contribution in [0.5, 0.6) is 0 Å². The van der Waals surface area contributed by atoms with Crippen molar-refractivity contribution in [3.8, 4) is 45.0 Å². The molecule has 0 aliphatic rings. The second-order valence-corrected chi connectivity index (χ2v) is 8.39. The lowest BCUT2D eigenvalue weighted by atomic mass is 9.92. The summed E-state index contributed by atoms with van der Waals surface area (Å²) >= 11 is 0. The van der Waals surface area contributed by atoms with Crippen molar-refractivity contribution in [3.63, 3.8) is 0 Å². The summed E-state index contributed by atoms with van der Waals surface area (Å²) in [6.45, 7) is 0. The Hall–Kier alpha value is -5.54. The van der Waals surface area contributed by atoms with Gasteiger partial charge in [-0.25, -0.2) is 4.98 Å². The molecule has 0 N–H and O–H groups in total. The van der Waals surface area contributed by atoms with Crippen molar-refractivity contribution in [1.29, 1.82) is 0 Å². The van der Waals surface area contributed by atoms with Gasteiger partial charge in [0.2, 0.25) is 0 Å². The maximum absolute atomic E-state index is 9.54. The maximum atomic E-state index is 9.54. The van der Waals surface area contributed by atoms with E-state index in [0.717, 1.165) is 0 Å². The van der Waals surface area contributed by atoms with Gasteiger partial charge in [0.25, 0.3) is 0 Å². The second-order valence-electron chi connectivity index (χ2n) is 8.39. The summed E-state index contributed by atoms with van der Waals surface area (Å²) in [5.41, 5.74) is -5.41. The molecular weight excluding hydrogens is 500 g/mol. The van der Waals surface area contributed by atoms with Gasteiger partial charge in [-0.15, -0.1) is 0 Å². The van der Waals surface area contributed by atoms with Crippen molar-refractivity contribution in [2.24, 2.45) is 0 Å². The third-order valence-corrected chi connectivity index (χ3v) is 6.06. The number of hydrogen-bond donors (Lipinski definition) is 0. The Labute approximate surface area is 271 Å². The highest BCUT2D eigenvalue weighted by Crippen LogP contribution is 2.43. The number of hydrogen-bond acceptors (Lipinski definition) is 3. The number of benzene rings is 5. The van der Waals surface area contributed by atoms with Crippen molar-refractivity contribution in [1.82, 2.24) is 9.97 Å². The molecule has 0 amide bonds. The van der Waals surface area contributed by atoms with Gasteiger partial charge < -0.3 is 4.42 Å². The number of rotatable bonds is 4. The fourth-order valence-electron chi connectivity index (χ4n) is 4.28. The summed E-state index contributed by atoms with van der Waals surface area (Å²) in [4.78, 5) is 8.43. The summed E-state index contributed by atoms with van der Waals surface area (Å²) in [5.74, 6) is -1.72. The van der Waals surface area contributed by atoms with Crippen molar-refractivity contribution < 1.29 is 37.3 Å². The topological polar surface area (TPSA) is 38.9 Å². The number of fused-ring (bicyclic) bond motifs is 4. The molecule has 3 nitrogen and oxygen atoms in total. The van der Waals surface area contributed by atoms with Crippen LogP contribution < -0.4 is 0 Å². The Balaban J connectivity index is 1.62. The van der Waals surface area contributed by atoms with Crippen LogP contribution in [0.1, 0.15) is 32.9 Å². The van der Waals surface area contributed by atoms with Crippen molar-refractivity contribution in [3.05, 3.63) is 145 Å². The molecule has 0 aliphatic carbocycles. The zero-order chi connectivity index (χ0) is 48.1. The van der Waals surface area contributed by atoms with Gasteiger partial charge in [0.05, 0.1) is 49.6 Å². The third kappa shape index (κ3) is 3.98. The largest absolute Gasteiger partial charge is 0.455 e. The van der Waals surface area contributed by atoms with Crippen molar-refractivity contribution in [2.45, 2.75) is 0 Å². The smallest absolute Gasteiger partial charge is 0.142 e. The molecule has 0 spiro atoms. The van der Waals surface area contributed by atoms with Gasteiger partial charge in [-0.1, -0.05) is 121 Å². The summed E-state index contributed by atoms with van der Waals surface area (Å²) in [7, 11) is 0. The van der Waals surface area contributed by atoms with Gasteiger partial charge in [0.1, 0.15) is 11.5 Å². The highest BCUT2D eigenvalue weighted by atomic mass is 16.3. The van der Waals surface area contributed by atoms with E-state index in [1.165, 1.54) is 0 Å². The molecule has 0 saturated heterocycles. The predicted molar refractivity (Wildman–Crippen MR) is 169 cm³/mol. The lowest BCUT2D eigenvalue weighted by Gasteiger charge is -2.12. The first-order valence-electron chi connectivity index (χ1n) is 23.8.